The summed E-state index contributed by atoms with van der Waals surface area (Å²) < 4.78 is 18.0. The number of hydrogen-bond acceptors (Lipinski definition) is 12. The van der Waals surface area contributed by atoms with E-state index in [1.807, 2.05) is 0 Å². The average molecular weight is 1320 g/mol. The van der Waals surface area contributed by atoms with Gasteiger partial charge in [-0.05, 0) is 150 Å². The molecule has 0 bridgehead atoms. The predicted octanol–water partition coefficient (Wildman–Crippen LogP) is 19.9. The van der Waals surface area contributed by atoms with Crippen LogP contribution in [0.3, 0.4) is 0 Å². The van der Waals surface area contributed by atoms with E-state index >= 15 is 0 Å². The van der Waals surface area contributed by atoms with Crippen molar-refractivity contribution in [2.45, 2.75) is 391 Å². The van der Waals surface area contributed by atoms with Crippen molar-refractivity contribution in [2.75, 3.05) is 26.4 Å². The van der Waals surface area contributed by atoms with E-state index in [4.69, 9.17) is 0 Å². The molecule has 0 saturated carbocycles. The van der Waals surface area contributed by atoms with E-state index in [1.165, 1.54) is 257 Å². The van der Waals surface area contributed by atoms with Gasteiger partial charge in [-0.15, -0.1) is 0 Å². The van der Waals surface area contributed by atoms with E-state index in [9.17, 15) is 39.6 Å². The normalized spacial score (nSPS) is 11.4. The largest absolute Gasteiger partial charge is 4.00 e. The Morgan fingerprint density at radius 2 is 0.318 bits per heavy atom. The minimum Gasteiger partial charge on any atom is -0.550 e. The van der Waals surface area contributed by atoms with Gasteiger partial charge in [-0.2, -0.15) is 0 Å². The van der Waals surface area contributed by atoms with Crippen LogP contribution in [0.5, 0.6) is 0 Å². The summed E-state index contributed by atoms with van der Waals surface area (Å²) in [6.45, 7) is 28.3. The van der Waals surface area contributed by atoms with Gasteiger partial charge < -0.3 is 58.6 Å². The molecule has 0 aliphatic rings. The second kappa shape index (κ2) is 66.3. The molecule has 0 amide bonds. The van der Waals surface area contributed by atoms with Crippen molar-refractivity contribution >= 4 is 48.5 Å². The van der Waals surface area contributed by atoms with Crippen LogP contribution in [0.2, 0.25) is 0 Å². The standard InChI is InChI=1S/4C18H36O3.Sn/c4*1-4-7-12-18(13-8-5-2,14-9-6-3)15-10-11-16-21-17(19)20;/h4*4-16H2,1-3H3,(H,19,20);/q;;;;+4/p-4. The van der Waals surface area contributed by atoms with Gasteiger partial charge in [0, 0.05) is 26.4 Å². The van der Waals surface area contributed by atoms with Gasteiger partial charge in [-0.3, -0.25) is 0 Å². The maximum Gasteiger partial charge on any atom is 4.00 e. The molecule has 0 unspecified atom stereocenters. The smallest absolute Gasteiger partial charge is 0.550 e. The average Bonchev–Trinajstić information content (AvgIpc) is 3.52. The van der Waals surface area contributed by atoms with E-state index in [0.29, 0.717) is 21.7 Å². The minimum atomic E-state index is -1.40. The molecule has 0 atom stereocenters. The van der Waals surface area contributed by atoms with Gasteiger partial charge in [0.25, 0.3) is 24.6 Å². The molecule has 13 heteroatoms. The third-order valence-corrected chi connectivity index (χ3v) is 18.0. The molecule has 12 nitrogen and oxygen atoms in total. The summed E-state index contributed by atoms with van der Waals surface area (Å²) in [5.41, 5.74) is 1.90. The van der Waals surface area contributed by atoms with Crippen molar-refractivity contribution in [2.24, 2.45) is 21.7 Å². The molecule has 0 N–H and O–H groups in total. The Morgan fingerprint density at radius 1 is 0.212 bits per heavy atom. The second-order valence-electron chi connectivity index (χ2n) is 25.5. The summed E-state index contributed by atoms with van der Waals surface area (Å²) in [6.07, 6.45) is 53.5. The Morgan fingerprint density at radius 3 is 0.412 bits per heavy atom. The summed E-state index contributed by atoms with van der Waals surface area (Å²) in [5.74, 6) is 0. The second-order valence-corrected chi connectivity index (χ2v) is 25.5. The van der Waals surface area contributed by atoms with Crippen LogP contribution in [0, 0.1) is 21.7 Å². The van der Waals surface area contributed by atoms with Crippen molar-refractivity contribution in [3.8, 4) is 0 Å². The van der Waals surface area contributed by atoms with Gasteiger partial charge in [0.05, 0.1) is 0 Å². The van der Waals surface area contributed by atoms with Crippen molar-refractivity contribution < 1.29 is 58.6 Å². The molecular formula is C72H140O12Sn. The molecule has 504 valence electrons. The van der Waals surface area contributed by atoms with Crippen LogP contribution in [-0.2, 0) is 18.9 Å². The number of hydrogen-bond donors (Lipinski definition) is 0. The summed E-state index contributed by atoms with van der Waals surface area (Å²) in [6, 6.07) is 0. The van der Waals surface area contributed by atoms with Crippen LogP contribution in [0.25, 0.3) is 0 Å². The van der Waals surface area contributed by atoms with Gasteiger partial charge in [0.2, 0.25) is 0 Å². The molecule has 0 spiro atoms. The predicted molar refractivity (Wildman–Crippen MR) is 351 cm³/mol. The fourth-order valence-corrected chi connectivity index (χ4v) is 12.7. The minimum absolute atomic E-state index is 0. The first-order valence-electron chi connectivity index (χ1n) is 35.7. The Hall–Kier alpha value is -2.12. The Bertz CT molecular complexity index is 1130. The van der Waals surface area contributed by atoms with Gasteiger partial charge in [0.1, 0.15) is 0 Å². The summed E-state index contributed by atoms with van der Waals surface area (Å²) in [4.78, 5) is 41.0. The van der Waals surface area contributed by atoms with Crippen LogP contribution in [0.1, 0.15) is 391 Å². The molecule has 0 aromatic heterocycles. The van der Waals surface area contributed by atoms with Crippen molar-refractivity contribution in [1.29, 1.82) is 0 Å². The molecule has 0 saturated heterocycles. The third kappa shape index (κ3) is 59.3. The first kappa shape index (κ1) is 91.6. The first-order chi connectivity index (χ1) is 40.4. The quantitative estimate of drug-likeness (QED) is 0.0242. The van der Waals surface area contributed by atoms with Crippen LogP contribution in [0.4, 0.5) is 19.2 Å². The zero-order valence-electron chi connectivity index (χ0n) is 58.2. The number of carboxylic acid groups (broad SMARTS) is 4. The molecule has 0 radical (unpaired) electrons. The molecule has 0 aliphatic heterocycles. The number of carbonyl (C=O) groups is 4. The first-order valence-corrected chi connectivity index (χ1v) is 35.7. The monoisotopic (exact) mass is 1320 g/mol. The van der Waals surface area contributed by atoms with Gasteiger partial charge in [-0.1, -0.05) is 263 Å². The fourth-order valence-electron chi connectivity index (χ4n) is 12.7. The molecule has 0 aliphatic carbocycles. The third-order valence-electron chi connectivity index (χ3n) is 18.0. The maximum absolute atomic E-state index is 10.3. The van der Waals surface area contributed by atoms with Crippen LogP contribution in [0.15, 0.2) is 0 Å². The zero-order chi connectivity index (χ0) is 63.9. The van der Waals surface area contributed by atoms with Crippen molar-refractivity contribution in [3.05, 3.63) is 0 Å². The zero-order valence-corrected chi connectivity index (χ0v) is 61.0. The number of carbonyl (C=O) groups excluding carboxylic acids is 4. The van der Waals surface area contributed by atoms with E-state index in [2.05, 4.69) is 102 Å². The Kier molecular flexibility index (Phi) is 71.5. The van der Waals surface area contributed by atoms with Crippen LogP contribution < -0.4 is 20.4 Å². The van der Waals surface area contributed by atoms with Gasteiger partial charge >= 0.3 is 23.9 Å². The maximum atomic E-state index is 10.3. The number of unbranched alkanes of at least 4 members (excludes halogenated alkanes) is 16. The van der Waals surface area contributed by atoms with E-state index in [0.717, 1.165) is 51.4 Å². The Labute approximate surface area is 543 Å². The van der Waals surface area contributed by atoms with Crippen molar-refractivity contribution in [1.82, 2.24) is 0 Å². The van der Waals surface area contributed by atoms with Crippen molar-refractivity contribution in [3.63, 3.8) is 0 Å². The van der Waals surface area contributed by atoms with E-state index in [1.54, 1.807) is 0 Å². The fraction of sp³-hybridized carbons (Fsp3) is 0.944. The number of ether oxygens (including phenoxy) is 4. The molecule has 0 aromatic carbocycles. The van der Waals surface area contributed by atoms with E-state index in [-0.39, 0.29) is 50.3 Å². The molecule has 0 rings (SSSR count). The Balaban J connectivity index is -0.000000333. The summed E-state index contributed by atoms with van der Waals surface area (Å²) in [7, 11) is 0. The molecule has 0 aromatic rings. The topological polar surface area (TPSA) is 197 Å². The van der Waals surface area contributed by atoms with Crippen LogP contribution >= 0.6 is 0 Å². The molecular weight excluding hydrogens is 1180 g/mol. The number of rotatable bonds is 56. The van der Waals surface area contributed by atoms with Gasteiger partial charge in [0.15, 0.2) is 0 Å². The van der Waals surface area contributed by atoms with E-state index < -0.39 is 24.6 Å². The van der Waals surface area contributed by atoms with Crippen LogP contribution in [-0.4, -0.2) is 75.0 Å². The molecule has 85 heavy (non-hydrogen) atoms. The molecule has 0 fully saturated rings. The summed E-state index contributed by atoms with van der Waals surface area (Å²) in [5, 5.41) is 41.0. The summed E-state index contributed by atoms with van der Waals surface area (Å²) >= 11 is 0. The SMILES string of the molecule is CCCCC(CCCC)(CCCC)CCCCOC(=O)[O-].CCCCC(CCCC)(CCCC)CCCCOC(=O)[O-].CCCCC(CCCC)(CCCC)CCCCOC(=O)[O-].CCCCC(CCCC)(CCCC)CCCCOC(=O)[O-].[Sn+4]. The molecule has 0 heterocycles. The van der Waals surface area contributed by atoms with Gasteiger partial charge in [-0.25, -0.2) is 0 Å².